The number of aryl methyl sites for hydroxylation is 2. The molecule has 23 heavy (non-hydrogen) atoms. The lowest BCUT2D eigenvalue weighted by atomic mass is 10.1. The van der Waals surface area contributed by atoms with E-state index in [-0.39, 0.29) is 5.91 Å². The fraction of sp³-hybridized carbons (Fsp3) is 0.412. The summed E-state index contributed by atoms with van der Waals surface area (Å²) in [6.07, 6.45) is 1.74. The minimum atomic E-state index is 0.0876. The van der Waals surface area contributed by atoms with Crippen LogP contribution in [0.5, 0.6) is 0 Å². The van der Waals surface area contributed by atoms with Gasteiger partial charge in [-0.2, -0.15) is 5.10 Å². The highest BCUT2D eigenvalue weighted by molar-refractivity contribution is 14.1. The van der Waals surface area contributed by atoms with Crippen molar-refractivity contribution < 1.29 is 4.79 Å². The second kappa shape index (κ2) is 7.00. The maximum absolute atomic E-state index is 12.7. The highest BCUT2D eigenvalue weighted by atomic mass is 127. The molecule has 6 heteroatoms. The molecular formula is C17H21IN4O. The molecule has 1 amide bonds. The van der Waals surface area contributed by atoms with Crippen molar-refractivity contribution in [2.75, 3.05) is 26.2 Å². The van der Waals surface area contributed by atoms with Gasteiger partial charge < -0.3 is 4.90 Å². The van der Waals surface area contributed by atoms with E-state index in [1.54, 1.807) is 10.9 Å². The highest BCUT2D eigenvalue weighted by Crippen LogP contribution is 2.16. The van der Waals surface area contributed by atoms with Gasteiger partial charge in [-0.1, -0.05) is 29.8 Å². The van der Waals surface area contributed by atoms with Crippen molar-refractivity contribution in [3.8, 4) is 0 Å². The van der Waals surface area contributed by atoms with E-state index in [1.165, 1.54) is 11.1 Å². The number of rotatable bonds is 3. The molecule has 2 heterocycles. The lowest BCUT2D eigenvalue weighted by Gasteiger charge is -2.34. The average molecular weight is 424 g/mol. The molecule has 0 N–H and O–H groups in total. The fourth-order valence-electron chi connectivity index (χ4n) is 2.98. The maximum atomic E-state index is 12.7. The van der Waals surface area contributed by atoms with Gasteiger partial charge in [-0.15, -0.1) is 0 Å². The summed E-state index contributed by atoms with van der Waals surface area (Å²) >= 11 is 2.17. The Hall–Kier alpha value is -1.41. The summed E-state index contributed by atoms with van der Waals surface area (Å²) < 4.78 is 2.58. The monoisotopic (exact) mass is 424 g/mol. The molecule has 0 unspecified atom stereocenters. The minimum absolute atomic E-state index is 0.0876. The van der Waals surface area contributed by atoms with Crippen molar-refractivity contribution in [3.05, 3.63) is 50.9 Å². The van der Waals surface area contributed by atoms with Crippen LogP contribution in [0.2, 0.25) is 0 Å². The van der Waals surface area contributed by atoms with Gasteiger partial charge in [0.15, 0.2) is 0 Å². The number of benzene rings is 1. The number of carbonyl (C=O) groups is 1. The smallest absolute Gasteiger partial charge is 0.273 e. The molecule has 1 aromatic heterocycles. The van der Waals surface area contributed by atoms with Crippen molar-refractivity contribution >= 4 is 28.5 Å². The lowest BCUT2D eigenvalue weighted by Crippen LogP contribution is -2.48. The van der Waals surface area contributed by atoms with E-state index in [2.05, 4.69) is 63.8 Å². The SMILES string of the molecule is Cc1cccc(CN2CCN(C(=O)c3c(I)cnn3C)CC2)c1. The van der Waals surface area contributed by atoms with E-state index < -0.39 is 0 Å². The summed E-state index contributed by atoms with van der Waals surface area (Å²) in [5, 5.41) is 4.16. The molecule has 1 aliphatic heterocycles. The van der Waals surface area contributed by atoms with Crippen LogP contribution >= 0.6 is 22.6 Å². The molecule has 2 aromatic rings. The Kier molecular flexibility index (Phi) is 5.01. The van der Waals surface area contributed by atoms with Crippen molar-refractivity contribution in [2.24, 2.45) is 7.05 Å². The predicted octanol–water partition coefficient (Wildman–Crippen LogP) is 2.29. The largest absolute Gasteiger partial charge is 0.335 e. The number of aromatic nitrogens is 2. The van der Waals surface area contributed by atoms with E-state index in [9.17, 15) is 4.79 Å². The molecule has 1 aliphatic rings. The van der Waals surface area contributed by atoms with Crippen molar-refractivity contribution in [2.45, 2.75) is 13.5 Å². The third-order valence-corrected chi connectivity index (χ3v) is 5.03. The van der Waals surface area contributed by atoms with Crippen LogP contribution in [0.4, 0.5) is 0 Å². The first-order chi connectivity index (χ1) is 11.0. The third kappa shape index (κ3) is 3.74. The van der Waals surface area contributed by atoms with Gasteiger partial charge in [0.25, 0.3) is 5.91 Å². The molecule has 1 aromatic carbocycles. The molecule has 0 saturated carbocycles. The van der Waals surface area contributed by atoms with Crippen LogP contribution in [0, 0.1) is 10.5 Å². The van der Waals surface area contributed by atoms with Crippen LogP contribution in [0.3, 0.4) is 0 Å². The molecular weight excluding hydrogens is 403 g/mol. The number of halogens is 1. The maximum Gasteiger partial charge on any atom is 0.273 e. The molecule has 122 valence electrons. The Morgan fingerprint density at radius 3 is 2.61 bits per heavy atom. The summed E-state index contributed by atoms with van der Waals surface area (Å²) in [7, 11) is 1.82. The van der Waals surface area contributed by atoms with Gasteiger partial charge in [0.1, 0.15) is 5.69 Å². The molecule has 0 spiro atoms. The Labute approximate surface area is 150 Å². The second-order valence-corrected chi connectivity index (χ2v) is 7.18. The van der Waals surface area contributed by atoms with E-state index in [0.717, 1.165) is 36.3 Å². The highest BCUT2D eigenvalue weighted by Gasteiger charge is 2.25. The van der Waals surface area contributed by atoms with Gasteiger partial charge in [0.05, 0.1) is 9.77 Å². The van der Waals surface area contributed by atoms with Crippen LogP contribution in [0.1, 0.15) is 21.6 Å². The zero-order chi connectivity index (χ0) is 16.4. The van der Waals surface area contributed by atoms with Gasteiger partial charge in [0.2, 0.25) is 0 Å². The quantitative estimate of drug-likeness (QED) is 0.711. The number of carbonyl (C=O) groups excluding carboxylic acids is 1. The molecule has 5 nitrogen and oxygen atoms in total. The van der Waals surface area contributed by atoms with Crippen LogP contribution in [-0.4, -0.2) is 51.7 Å². The topological polar surface area (TPSA) is 41.4 Å². The van der Waals surface area contributed by atoms with E-state index in [4.69, 9.17) is 0 Å². The molecule has 1 saturated heterocycles. The Bertz CT molecular complexity index is 685. The second-order valence-electron chi connectivity index (χ2n) is 6.02. The van der Waals surface area contributed by atoms with Crippen molar-refractivity contribution in [1.82, 2.24) is 19.6 Å². The predicted molar refractivity (Wildman–Crippen MR) is 98.3 cm³/mol. The standard InChI is InChI=1S/C17H21IN4O/c1-13-4-3-5-14(10-13)12-21-6-8-22(9-7-21)17(23)16-15(18)11-19-20(16)2/h3-5,10-11H,6-9,12H2,1-2H3. The fourth-order valence-corrected chi connectivity index (χ4v) is 3.68. The molecule has 1 fully saturated rings. The van der Waals surface area contributed by atoms with Crippen LogP contribution in [-0.2, 0) is 13.6 Å². The number of hydrogen-bond donors (Lipinski definition) is 0. The summed E-state index contributed by atoms with van der Waals surface area (Å²) in [5.74, 6) is 0.0876. The summed E-state index contributed by atoms with van der Waals surface area (Å²) in [4.78, 5) is 17.0. The number of hydrogen-bond acceptors (Lipinski definition) is 3. The third-order valence-electron chi connectivity index (χ3n) is 4.24. The molecule has 0 aliphatic carbocycles. The van der Waals surface area contributed by atoms with Gasteiger partial charge in [-0.3, -0.25) is 14.4 Å². The molecule has 0 bridgehead atoms. The zero-order valence-electron chi connectivity index (χ0n) is 13.5. The number of piperazine rings is 1. The number of nitrogens with zero attached hydrogens (tertiary/aromatic N) is 4. The first-order valence-electron chi connectivity index (χ1n) is 7.79. The lowest BCUT2D eigenvalue weighted by molar-refractivity contribution is 0.0616. The summed E-state index contributed by atoms with van der Waals surface area (Å²) in [6.45, 7) is 6.43. The molecule has 0 radical (unpaired) electrons. The summed E-state index contributed by atoms with van der Waals surface area (Å²) in [6, 6.07) is 8.63. The molecule has 0 atom stereocenters. The average Bonchev–Trinajstić information content (AvgIpc) is 2.86. The van der Waals surface area contributed by atoms with Crippen LogP contribution in [0.25, 0.3) is 0 Å². The van der Waals surface area contributed by atoms with E-state index >= 15 is 0 Å². The Morgan fingerprint density at radius 1 is 1.26 bits per heavy atom. The van der Waals surface area contributed by atoms with Crippen molar-refractivity contribution in [1.29, 1.82) is 0 Å². The Morgan fingerprint density at radius 2 is 2.00 bits per heavy atom. The van der Waals surface area contributed by atoms with Crippen LogP contribution in [0.15, 0.2) is 30.5 Å². The van der Waals surface area contributed by atoms with Gasteiger partial charge in [-0.25, -0.2) is 0 Å². The minimum Gasteiger partial charge on any atom is -0.335 e. The van der Waals surface area contributed by atoms with Gasteiger partial charge in [0, 0.05) is 39.8 Å². The Balaban J connectivity index is 1.59. The van der Waals surface area contributed by atoms with Crippen LogP contribution < -0.4 is 0 Å². The van der Waals surface area contributed by atoms with E-state index in [1.807, 2.05) is 11.9 Å². The first-order valence-corrected chi connectivity index (χ1v) is 8.87. The van der Waals surface area contributed by atoms with Crippen molar-refractivity contribution in [3.63, 3.8) is 0 Å². The zero-order valence-corrected chi connectivity index (χ0v) is 15.7. The van der Waals surface area contributed by atoms with Gasteiger partial charge in [-0.05, 0) is 35.1 Å². The number of amides is 1. The molecule has 3 rings (SSSR count). The first kappa shape index (κ1) is 16.4. The van der Waals surface area contributed by atoms with E-state index in [0.29, 0.717) is 5.69 Å². The van der Waals surface area contributed by atoms with Gasteiger partial charge >= 0.3 is 0 Å². The normalized spacial score (nSPS) is 15.9. The summed E-state index contributed by atoms with van der Waals surface area (Å²) in [5.41, 5.74) is 3.32.